The van der Waals surface area contributed by atoms with Gasteiger partial charge in [0.1, 0.15) is 5.56 Å². The molecule has 0 aromatic heterocycles. The van der Waals surface area contributed by atoms with E-state index in [0.29, 0.717) is 30.1 Å². The fourth-order valence-corrected chi connectivity index (χ4v) is 4.25. The number of phenols is 1. The van der Waals surface area contributed by atoms with Gasteiger partial charge in [-0.25, -0.2) is 4.79 Å². The number of carbonyl (C=O) groups is 1. The normalized spacial score (nSPS) is 11.1. The van der Waals surface area contributed by atoms with Crippen LogP contribution in [0.25, 0.3) is 0 Å². The van der Waals surface area contributed by atoms with Gasteiger partial charge >= 0.3 is 5.97 Å². The van der Waals surface area contributed by atoms with Crippen molar-refractivity contribution in [3.8, 4) is 17.2 Å². The summed E-state index contributed by atoms with van der Waals surface area (Å²) < 4.78 is 5.99. The summed E-state index contributed by atoms with van der Waals surface area (Å²) in [6.07, 6.45) is 19.0. The van der Waals surface area contributed by atoms with Crippen LogP contribution in [0.2, 0.25) is 0 Å². The number of hydrogen-bond acceptors (Lipinski definition) is 5. The van der Waals surface area contributed by atoms with Crippen LogP contribution in [0.15, 0.2) is 0 Å². The first-order chi connectivity index (χ1) is 17.0. The average molecular weight is 495 g/mol. The molecule has 0 bridgehead atoms. The molecule has 0 radical (unpaired) electrons. The number of ether oxygens (including phenoxy) is 1. The summed E-state index contributed by atoms with van der Waals surface area (Å²) in [6.45, 7) is 8.76. The van der Waals surface area contributed by atoms with Crippen LogP contribution in [0.4, 0.5) is 0 Å². The summed E-state index contributed by atoms with van der Waals surface area (Å²) >= 11 is 0. The molecule has 0 aliphatic carbocycles. The first-order valence-electron chi connectivity index (χ1n) is 14.0. The van der Waals surface area contributed by atoms with Crippen LogP contribution >= 0.6 is 0 Å². The highest BCUT2D eigenvalue weighted by Crippen LogP contribution is 2.44. The second-order valence-corrected chi connectivity index (χ2v) is 9.64. The summed E-state index contributed by atoms with van der Waals surface area (Å²) in [6, 6.07) is 0. The van der Waals surface area contributed by atoms with Crippen molar-refractivity contribution < 1.29 is 29.5 Å². The molecule has 0 heterocycles. The van der Waals surface area contributed by atoms with E-state index in [4.69, 9.17) is 14.5 Å². The molecule has 0 aliphatic rings. The highest BCUT2D eigenvalue weighted by molar-refractivity contribution is 5.95. The Bertz CT molecular complexity index is 716. The van der Waals surface area contributed by atoms with Crippen LogP contribution in [0, 0.1) is 13.8 Å². The molecule has 1 aromatic rings. The minimum atomic E-state index is -1.20. The van der Waals surface area contributed by atoms with Gasteiger partial charge in [0.2, 0.25) is 5.75 Å². The second-order valence-electron chi connectivity index (χ2n) is 9.64. The number of aromatic carboxylic acids is 1. The third-order valence-corrected chi connectivity index (χ3v) is 6.62. The van der Waals surface area contributed by atoms with Gasteiger partial charge in [-0.3, -0.25) is 0 Å². The molecule has 0 amide bonds. The average Bonchev–Trinajstić information content (AvgIpc) is 2.83. The largest absolute Gasteiger partial charge is 0.503 e. The Morgan fingerprint density at radius 2 is 1.11 bits per heavy atom. The number of rotatable bonds is 22. The number of aromatic hydroxyl groups is 1. The maximum atomic E-state index is 11.7. The van der Waals surface area contributed by atoms with Gasteiger partial charge in [0, 0.05) is 0 Å². The van der Waals surface area contributed by atoms with E-state index in [9.17, 15) is 15.0 Å². The maximum Gasteiger partial charge on any atom is 0.339 e. The molecule has 0 saturated heterocycles. The topological polar surface area (TPSA) is 85.2 Å². The molecule has 2 N–H and O–H groups in total. The summed E-state index contributed by atoms with van der Waals surface area (Å²) in [7, 11) is 0. The van der Waals surface area contributed by atoms with E-state index in [-0.39, 0.29) is 11.3 Å². The van der Waals surface area contributed by atoms with Gasteiger partial charge in [-0.15, -0.1) is 0 Å². The van der Waals surface area contributed by atoms with Crippen LogP contribution in [0.1, 0.15) is 138 Å². The van der Waals surface area contributed by atoms with Crippen LogP contribution in [-0.4, -0.2) is 29.4 Å². The molecule has 0 aliphatic heterocycles. The third kappa shape index (κ3) is 12.0. The van der Waals surface area contributed by atoms with Gasteiger partial charge in [-0.05, 0) is 37.8 Å². The van der Waals surface area contributed by atoms with Crippen molar-refractivity contribution in [2.75, 3.05) is 13.2 Å². The fourth-order valence-electron chi connectivity index (χ4n) is 4.25. The molecular formula is C29H50O6. The number of benzene rings is 1. The maximum absolute atomic E-state index is 11.7. The molecule has 0 spiro atoms. The Hall–Kier alpha value is -1.95. The molecule has 0 atom stereocenters. The van der Waals surface area contributed by atoms with Gasteiger partial charge in [0.25, 0.3) is 0 Å². The lowest BCUT2D eigenvalue weighted by Crippen LogP contribution is -2.10. The van der Waals surface area contributed by atoms with Crippen LogP contribution in [0.3, 0.4) is 0 Å². The lowest BCUT2D eigenvalue weighted by atomic mass is 10.00. The Kier molecular flexibility index (Phi) is 17.1. The van der Waals surface area contributed by atoms with Crippen molar-refractivity contribution in [1.82, 2.24) is 0 Å². The van der Waals surface area contributed by atoms with Gasteiger partial charge < -0.3 is 19.8 Å². The highest BCUT2D eigenvalue weighted by atomic mass is 17.2. The Balaban J connectivity index is 2.59. The smallest absolute Gasteiger partial charge is 0.339 e. The van der Waals surface area contributed by atoms with E-state index in [1.165, 1.54) is 70.6 Å². The standard InChI is InChI=1S/C29H50O6/c1-5-7-9-11-13-15-17-19-21-33-27-24(4)23(3)25(29(31)32)26(30)28(27)35-34-22-20-18-16-14-12-10-8-6-2/h30H,5-22H2,1-4H3,(H,31,32). The molecular weight excluding hydrogens is 444 g/mol. The summed E-state index contributed by atoms with van der Waals surface area (Å²) in [5.74, 6) is -1.32. The molecule has 0 saturated carbocycles. The minimum absolute atomic E-state index is 0.0374. The quantitative estimate of drug-likeness (QED) is 0.0952. The number of unbranched alkanes of at least 4 members (excludes halogenated alkanes) is 14. The first-order valence-corrected chi connectivity index (χ1v) is 14.0. The van der Waals surface area contributed by atoms with Crippen molar-refractivity contribution in [3.63, 3.8) is 0 Å². The van der Waals surface area contributed by atoms with E-state index < -0.39 is 11.7 Å². The number of hydrogen-bond donors (Lipinski definition) is 2. The Labute approximate surface area is 213 Å². The predicted molar refractivity (Wildman–Crippen MR) is 142 cm³/mol. The van der Waals surface area contributed by atoms with Gasteiger partial charge in [-0.1, -0.05) is 104 Å². The summed E-state index contributed by atoms with van der Waals surface area (Å²) in [5, 5.41) is 20.3. The Morgan fingerprint density at radius 1 is 0.657 bits per heavy atom. The number of carboxylic acids is 1. The molecule has 35 heavy (non-hydrogen) atoms. The lowest BCUT2D eigenvalue weighted by Gasteiger charge is -2.19. The SMILES string of the molecule is CCCCCCCCCCOOc1c(O)c(C(=O)O)c(C)c(C)c1OCCCCCCCCCC. The second kappa shape index (κ2) is 19.3. The van der Waals surface area contributed by atoms with Gasteiger partial charge in [0.05, 0.1) is 13.2 Å². The van der Waals surface area contributed by atoms with E-state index >= 15 is 0 Å². The van der Waals surface area contributed by atoms with Crippen LogP contribution < -0.4 is 9.62 Å². The monoisotopic (exact) mass is 494 g/mol. The first kappa shape index (κ1) is 31.1. The molecule has 1 aromatic carbocycles. The van der Waals surface area contributed by atoms with Crippen molar-refractivity contribution >= 4 is 5.97 Å². The molecule has 0 unspecified atom stereocenters. The van der Waals surface area contributed by atoms with E-state index in [1.807, 2.05) is 0 Å². The summed E-state index contributed by atoms with van der Waals surface area (Å²) in [4.78, 5) is 22.6. The van der Waals surface area contributed by atoms with Gasteiger partial charge in [-0.2, -0.15) is 4.89 Å². The predicted octanol–water partition coefficient (Wildman–Crippen LogP) is 8.68. The molecule has 6 heteroatoms. The number of carboxylic acid groups (broad SMARTS) is 1. The van der Waals surface area contributed by atoms with E-state index in [2.05, 4.69) is 13.8 Å². The van der Waals surface area contributed by atoms with E-state index in [1.54, 1.807) is 13.8 Å². The van der Waals surface area contributed by atoms with Crippen molar-refractivity contribution in [2.45, 2.75) is 130 Å². The van der Waals surface area contributed by atoms with Crippen molar-refractivity contribution in [3.05, 3.63) is 16.7 Å². The Morgan fingerprint density at radius 3 is 1.60 bits per heavy atom. The van der Waals surface area contributed by atoms with Gasteiger partial charge in [0.15, 0.2) is 11.5 Å². The molecule has 6 nitrogen and oxygen atoms in total. The molecule has 1 rings (SSSR count). The zero-order valence-electron chi connectivity index (χ0n) is 22.8. The van der Waals surface area contributed by atoms with E-state index in [0.717, 1.165) is 32.1 Å². The zero-order chi connectivity index (χ0) is 25.9. The zero-order valence-corrected chi connectivity index (χ0v) is 22.8. The fraction of sp³-hybridized carbons (Fsp3) is 0.759. The summed E-state index contributed by atoms with van der Waals surface area (Å²) in [5.41, 5.74) is 0.939. The third-order valence-electron chi connectivity index (χ3n) is 6.62. The van der Waals surface area contributed by atoms with Crippen LogP contribution in [-0.2, 0) is 4.89 Å². The van der Waals surface area contributed by atoms with Crippen molar-refractivity contribution in [2.24, 2.45) is 0 Å². The minimum Gasteiger partial charge on any atom is -0.503 e. The molecule has 202 valence electrons. The van der Waals surface area contributed by atoms with Crippen LogP contribution in [0.5, 0.6) is 17.2 Å². The lowest BCUT2D eigenvalue weighted by molar-refractivity contribution is -0.209. The molecule has 0 fully saturated rings. The highest BCUT2D eigenvalue weighted by Gasteiger charge is 2.27. The van der Waals surface area contributed by atoms with Crippen molar-refractivity contribution in [1.29, 1.82) is 0 Å².